The van der Waals surface area contributed by atoms with Gasteiger partial charge in [-0.15, -0.1) is 0 Å². The molecular weight excluding hydrogens is 895 g/mol. The van der Waals surface area contributed by atoms with Crippen molar-refractivity contribution < 1.29 is 28.8 Å². The maximum Gasteiger partial charge on any atom is 0.245 e. The van der Waals surface area contributed by atoms with Crippen LogP contribution in [0.5, 0.6) is 0 Å². The highest BCUT2D eigenvalue weighted by molar-refractivity contribution is 5.94. The first-order chi connectivity index (χ1) is 34.6. The van der Waals surface area contributed by atoms with E-state index in [1.807, 2.05) is 0 Å². The number of nitrogens with zero attached hydrogens (tertiary/aromatic N) is 3. The van der Waals surface area contributed by atoms with Gasteiger partial charge in [-0.3, -0.25) is 28.8 Å². The molecule has 2 aliphatic rings. The van der Waals surface area contributed by atoms with Gasteiger partial charge in [0.2, 0.25) is 35.4 Å². The van der Waals surface area contributed by atoms with Crippen molar-refractivity contribution in [3.8, 4) is 0 Å². The van der Waals surface area contributed by atoms with Gasteiger partial charge >= 0.3 is 0 Å². The van der Waals surface area contributed by atoms with Crippen LogP contribution in [0.2, 0.25) is 0 Å². The summed E-state index contributed by atoms with van der Waals surface area (Å²) in [4.78, 5) is 87.9. The first kappa shape index (κ1) is 63.8. The molecule has 0 saturated carbocycles. The fourth-order valence-corrected chi connectivity index (χ4v) is 10.3. The van der Waals surface area contributed by atoms with E-state index >= 15 is 0 Å². The molecule has 412 valence electrons. The lowest BCUT2D eigenvalue weighted by Crippen LogP contribution is -2.57. The van der Waals surface area contributed by atoms with E-state index in [0.717, 1.165) is 44.9 Å². The molecule has 0 radical (unpaired) electrons. The van der Waals surface area contributed by atoms with Crippen LogP contribution >= 0.6 is 0 Å². The molecule has 2 rings (SSSR count). The summed E-state index contributed by atoms with van der Waals surface area (Å²) in [5, 5.41) is 9.08. The number of likely N-dealkylation sites (tertiary alicyclic amines) is 2. The lowest BCUT2D eigenvalue weighted by molar-refractivity contribution is -0.140. The van der Waals surface area contributed by atoms with Crippen molar-refractivity contribution in [2.75, 3.05) is 52.4 Å². The number of carbonyl (C=O) groups excluding carboxylic acids is 6. The number of rotatable bonds is 45. The maximum absolute atomic E-state index is 14.3. The van der Waals surface area contributed by atoms with Crippen LogP contribution in [0.25, 0.3) is 0 Å². The average Bonchev–Trinajstić information content (AvgIpc) is 4.08. The van der Waals surface area contributed by atoms with E-state index in [0.29, 0.717) is 129 Å². The Morgan fingerprint density at radius 3 is 1.34 bits per heavy atom. The lowest BCUT2D eigenvalue weighted by Gasteiger charge is -2.30. The fraction of sp³-hybridized carbons (Fsp3) is 0.893. The normalized spacial score (nSPS) is 16.5. The molecule has 2 heterocycles. The summed E-state index contributed by atoms with van der Waals surface area (Å²) in [5.41, 5.74) is 17.5. The molecular formula is C56H107N9O6. The van der Waals surface area contributed by atoms with E-state index in [1.54, 1.807) is 14.7 Å². The van der Waals surface area contributed by atoms with Crippen LogP contribution in [0, 0.1) is 0 Å². The molecule has 0 spiro atoms. The zero-order chi connectivity index (χ0) is 51.7. The van der Waals surface area contributed by atoms with Crippen molar-refractivity contribution in [3.05, 3.63) is 0 Å². The van der Waals surface area contributed by atoms with Crippen molar-refractivity contribution in [1.82, 2.24) is 30.7 Å². The van der Waals surface area contributed by atoms with Crippen LogP contribution in [0.4, 0.5) is 0 Å². The van der Waals surface area contributed by atoms with Crippen LogP contribution in [0.15, 0.2) is 0 Å². The third kappa shape index (κ3) is 28.1. The van der Waals surface area contributed by atoms with E-state index in [4.69, 9.17) is 17.2 Å². The zero-order valence-corrected chi connectivity index (χ0v) is 45.4. The molecule has 2 fully saturated rings. The van der Waals surface area contributed by atoms with Crippen LogP contribution in [-0.4, -0.2) is 127 Å². The van der Waals surface area contributed by atoms with E-state index in [2.05, 4.69) is 29.8 Å². The van der Waals surface area contributed by atoms with Gasteiger partial charge < -0.3 is 47.9 Å². The second kappa shape index (κ2) is 42.1. The summed E-state index contributed by atoms with van der Waals surface area (Å²) in [7, 11) is 0. The molecule has 2 aliphatic heterocycles. The third-order valence-electron chi connectivity index (χ3n) is 14.7. The Kier molecular flexibility index (Phi) is 37.8. The summed E-state index contributed by atoms with van der Waals surface area (Å²) >= 11 is 0. The van der Waals surface area contributed by atoms with Gasteiger partial charge in [-0.25, -0.2) is 0 Å². The van der Waals surface area contributed by atoms with Crippen LogP contribution in [-0.2, 0) is 28.8 Å². The Balaban J connectivity index is 2.02. The minimum atomic E-state index is -0.966. The van der Waals surface area contributed by atoms with E-state index in [-0.39, 0.29) is 36.0 Å². The highest BCUT2D eigenvalue weighted by atomic mass is 16.2. The fourth-order valence-electron chi connectivity index (χ4n) is 10.3. The Morgan fingerprint density at radius 2 is 0.887 bits per heavy atom. The van der Waals surface area contributed by atoms with Crippen molar-refractivity contribution in [3.63, 3.8) is 0 Å². The molecule has 15 heteroatoms. The van der Waals surface area contributed by atoms with Crippen molar-refractivity contribution in [1.29, 1.82) is 0 Å². The number of unbranched alkanes of at least 4 members (excludes halogenated alkanes) is 22. The van der Waals surface area contributed by atoms with Gasteiger partial charge in [0.05, 0.1) is 0 Å². The molecule has 4 atom stereocenters. The van der Waals surface area contributed by atoms with Gasteiger partial charge in [0.25, 0.3) is 0 Å². The van der Waals surface area contributed by atoms with Gasteiger partial charge in [-0.05, 0) is 110 Å². The predicted molar refractivity (Wildman–Crippen MR) is 289 cm³/mol. The number of hydrogen-bond acceptors (Lipinski definition) is 9. The van der Waals surface area contributed by atoms with Gasteiger partial charge in [-0.1, -0.05) is 142 Å². The molecule has 0 aromatic heterocycles. The van der Waals surface area contributed by atoms with Crippen LogP contribution in [0.1, 0.15) is 245 Å². The number of hydrogen-bond donors (Lipinski definition) is 6. The van der Waals surface area contributed by atoms with E-state index in [1.165, 1.54) is 103 Å². The molecule has 9 N–H and O–H groups in total. The van der Waals surface area contributed by atoms with Gasteiger partial charge in [0.15, 0.2) is 0 Å². The summed E-state index contributed by atoms with van der Waals surface area (Å²) in [5.74, 6) is -1.14. The first-order valence-electron chi connectivity index (χ1n) is 29.5. The number of amides is 6. The van der Waals surface area contributed by atoms with Gasteiger partial charge in [-0.2, -0.15) is 0 Å². The second-order valence-electron chi connectivity index (χ2n) is 20.9. The maximum atomic E-state index is 14.3. The molecule has 0 aliphatic carbocycles. The third-order valence-corrected chi connectivity index (χ3v) is 14.7. The summed E-state index contributed by atoms with van der Waals surface area (Å²) in [6.07, 6.45) is 34.4. The van der Waals surface area contributed by atoms with Crippen LogP contribution < -0.4 is 33.2 Å². The monoisotopic (exact) mass is 1000 g/mol. The molecule has 0 bridgehead atoms. The van der Waals surface area contributed by atoms with Crippen LogP contribution in [0.3, 0.4) is 0 Å². The summed E-state index contributed by atoms with van der Waals surface area (Å²) < 4.78 is 0. The molecule has 6 amide bonds. The minimum Gasteiger partial charge on any atom is -0.354 e. The Morgan fingerprint density at radius 1 is 0.479 bits per heavy atom. The molecule has 71 heavy (non-hydrogen) atoms. The van der Waals surface area contributed by atoms with Crippen molar-refractivity contribution in [2.24, 2.45) is 17.2 Å². The largest absolute Gasteiger partial charge is 0.354 e. The lowest BCUT2D eigenvalue weighted by atomic mass is 10.0. The van der Waals surface area contributed by atoms with Gasteiger partial charge in [0, 0.05) is 45.6 Å². The quantitative estimate of drug-likeness (QED) is 0.0322. The molecule has 15 nitrogen and oxygen atoms in total. The zero-order valence-electron chi connectivity index (χ0n) is 45.4. The molecule has 0 aromatic carbocycles. The molecule has 4 unspecified atom stereocenters. The Bertz CT molecular complexity index is 1430. The molecule has 0 aromatic rings. The minimum absolute atomic E-state index is 0.0208. The average molecular weight is 1000 g/mol. The standard InChI is InChI=1S/C56H107N9O6/c1-3-5-7-9-11-13-15-17-19-21-23-37-51(66)64-45-29-35-49(64)54(69)60-42-28-26-33-47(53(68)62-48(34-25-27-39-57)56(71)63(43-31-40-58)44-32-41-59)61-55(70)50-36-30-46-65(50)52(67)38-24-22-20-18-16-14-12-10-8-6-4-2/h47-50H,3-46,57-59H2,1-2H3,(H,60,69)(H,61,70)(H,62,68). The predicted octanol–water partition coefficient (Wildman–Crippen LogP) is 8.28. The first-order valence-corrected chi connectivity index (χ1v) is 29.5. The Labute approximate surface area is 432 Å². The molecule has 2 saturated heterocycles. The number of nitrogens with one attached hydrogen (secondary N) is 3. The smallest absolute Gasteiger partial charge is 0.245 e. The van der Waals surface area contributed by atoms with Gasteiger partial charge in [0.1, 0.15) is 24.2 Å². The highest BCUT2D eigenvalue weighted by Crippen LogP contribution is 2.23. The number of nitrogens with two attached hydrogens (primary N) is 3. The van der Waals surface area contributed by atoms with Crippen molar-refractivity contribution >= 4 is 35.4 Å². The summed E-state index contributed by atoms with van der Waals surface area (Å²) in [6, 6.07) is -2.93. The highest BCUT2D eigenvalue weighted by Gasteiger charge is 2.37. The van der Waals surface area contributed by atoms with Crippen molar-refractivity contribution in [2.45, 2.75) is 269 Å². The SMILES string of the molecule is CCCCCCCCCCCCCC(=O)N1CCCC1C(=O)NCCCCC(NC(=O)C1CCCN1C(=O)CCCCCCCCCCCCC)C(=O)NC(CCCCN)C(=O)N(CCCN)CCCN. The topological polar surface area (TPSA) is 226 Å². The van der Waals surface area contributed by atoms with E-state index < -0.39 is 30.1 Å². The number of carbonyl (C=O) groups is 6. The second-order valence-corrected chi connectivity index (χ2v) is 20.9. The summed E-state index contributed by atoms with van der Waals surface area (Å²) in [6.45, 7) is 8.14. The van der Waals surface area contributed by atoms with E-state index in [9.17, 15) is 28.8 Å². The Hall–Kier alpha value is -3.30.